The van der Waals surface area contributed by atoms with Gasteiger partial charge in [0.25, 0.3) is 5.91 Å². The Morgan fingerprint density at radius 2 is 2.44 bits per heavy atom. The van der Waals surface area contributed by atoms with Crippen molar-refractivity contribution in [1.82, 2.24) is 15.6 Å². The molecular weight excluding hydrogens is 226 g/mol. The lowest BCUT2D eigenvalue weighted by atomic mass is 10.1. The number of nitrogens with zero attached hydrogens (tertiary/aromatic N) is 1. The largest absolute Gasteiger partial charge is 0.347 e. The first-order valence-electron chi connectivity index (χ1n) is 5.39. The van der Waals surface area contributed by atoms with Crippen LogP contribution in [-0.2, 0) is 0 Å². The Morgan fingerprint density at radius 1 is 1.56 bits per heavy atom. The SMILES string of the molecule is O=C(NC1CCCNC1)c1ccc(Cl)cn1. The fraction of sp³-hybridized carbons (Fsp3) is 0.455. The van der Waals surface area contributed by atoms with E-state index in [-0.39, 0.29) is 11.9 Å². The summed E-state index contributed by atoms with van der Waals surface area (Å²) in [5.41, 5.74) is 0.412. The fourth-order valence-corrected chi connectivity index (χ4v) is 1.86. The molecule has 1 aliphatic rings. The van der Waals surface area contributed by atoms with E-state index < -0.39 is 0 Å². The average Bonchev–Trinajstić information content (AvgIpc) is 2.31. The summed E-state index contributed by atoms with van der Waals surface area (Å²) in [4.78, 5) is 15.8. The minimum Gasteiger partial charge on any atom is -0.347 e. The summed E-state index contributed by atoms with van der Waals surface area (Å²) in [5, 5.41) is 6.73. The van der Waals surface area contributed by atoms with E-state index in [9.17, 15) is 4.79 Å². The maximum absolute atomic E-state index is 11.8. The van der Waals surface area contributed by atoms with Crippen LogP contribution >= 0.6 is 11.6 Å². The molecule has 0 radical (unpaired) electrons. The van der Waals surface area contributed by atoms with Crippen LogP contribution in [0.15, 0.2) is 18.3 Å². The van der Waals surface area contributed by atoms with E-state index >= 15 is 0 Å². The highest BCUT2D eigenvalue weighted by molar-refractivity contribution is 6.30. The molecule has 1 saturated heterocycles. The van der Waals surface area contributed by atoms with Gasteiger partial charge in [-0.3, -0.25) is 4.79 Å². The van der Waals surface area contributed by atoms with E-state index in [0.717, 1.165) is 25.9 Å². The molecule has 5 heteroatoms. The number of hydrogen-bond acceptors (Lipinski definition) is 3. The average molecular weight is 240 g/mol. The van der Waals surface area contributed by atoms with E-state index in [0.29, 0.717) is 10.7 Å². The molecule has 1 aliphatic heterocycles. The van der Waals surface area contributed by atoms with Crippen molar-refractivity contribution >= 4 is 17.5 Å². The van der Waals surface area contributed by atoms with Crippen molar-refractivity contribution in [2.45, 2.75) is 18.9 Å². The van der Waals surface area contributed by atoms with Crippen LogP contribution in [0.3, 0.4) is 0 Å². The van der Waals surface area contributed by atoms with Crippen molar-refractivity contribution in [3.8, 4) is 0 Å². The van der Waals surface area contributed by atoms with Gasteiger partial charge in [-0.05, 0) is 31.5 Å². The van der Waals surface area contributed by atoms with Gasteiger partial charge in [-0.15, -0.1) is 0 Å². The smallest absolute Gasteiger partial charge is 0.270 e. The molecule has 1 aromatic heterocycles. The Labute approximate surface area is 99.4 Å². The third-order valence-corrected chi connectivity index (χ3v) is 2.82. The van der Waals surface area contributed by atoms with Crippen LogP contribution in [-0.4, -0.2) is 30.0 Å². The number of rotatable bonds is 2. The summed E-state index contributed by atoms with van der Waals surface area (Å²) in [5.74, 6) is -0.134. The Kier molecular flexibility index (Phi) is 3.74. The van der Waals surface area contributed by atoms with Crippen LogP contribution in [0.2, 0.25) is 5.02 Å². The maximum Gasteiger partial charge on any atom is 0.270 e. The Bertz CT molecular complexity index is 360. The van der Waals surface area contributed by atoms with Gasteiger partial charge in [-0.25, -0.2) is 4.98 Å². The number of aromatic nitrogens is 1. The lowest BCUT2D eigenvalue weighted by molar-refractivity contribution is 0.0925. The van der Waals surface area contributed by atoms with Crippen LogP contribution in [0.25, 0.3) is 0 Å². The second-order valence-corrected chi connectivity index (χ2v) is 4.31. The second kappa shape index (κ2) is 5.27. The van der Waals surface area contributed by atoms with E-state index in [4.69, 9.17) is 11.6 Å². The zero-order valence-electron chi connectivity index (χ0n) is 8.87. The first kappa shape index (κ1) is 11.4. The molecule has 0 aliphatic carbocycles. The molecule has 2 N–H and O–H groups in total. The van der Waals surface area contributed by atoms with Crippen LogP contribution < -0.4 is 10.6 Å². The molecule has 1 amide bonds. The van der Waals surface area contributed by atoms with Gasteiger partial charge in [0.2, 0.25) is 0 Å². The van der Waals surface area contributed by atoms with Crippen molar-refractivity contribution in [2.75, 3.05) is 13.1 Å². The Hall–Kier alpha value is -1.13. The number of piperidine rings is 1. The Morgan fingerprint density at radius 3 is 3.06 bits per heavy atom. The van der Waals surface area contributed by atoms with Crippen LogP contribution in [0.1, 0.15) is 23.3 Å². The minimum absolute atomic E-state index is 0.134. The fourth-order valence-electron chi connectivity index (χ4n) is 1.74. The normalized spacial score (nSPS) is 20.4. The van der Waals surface area contributed by atoms with E-state index in [1.54, 1.807) is 12.1 Å². The van der Waals surface area contributed by atoms with Crippen molar-refractivity contribution in [2.24, 2.45) is 0 Å². The maximum atomic E-state index is 11.8. The summed E-state index contributed by atoms with van der Waals surface area (Å²) >= 11 is 5.70. The standard InChI is InChI=1S/C11H14ClN3O/c12-8-3-4-10(14-6-8)11(16)15-9-2-1-5-13-7-9/h3-4,6,9,13H,1-2,5,7H2,(H,15,16). The number of carbonyl (C=O) groups is 1. The molecule has 2 heterocycles. The van der Waals surface area contributed by atoms with Gasteiger partial charge < -0.3 is 10.6 Å². The van der Waals surface area contributed by atoms with Gasteiger partial charge in [-0.2, -0.15) is 0 Å². The summed E-state index contributed by atoms with van der Waals surface area (Å²) < 4.78 is 0. The summed E-state index contributed by atoms with van der Waals surface area (Å²) in [6, 6.07) is 3.51. The second-order valence-electron chi connectivity index (χ2n) is 3.88. The van der Waals surface area contributed by atoms with Gasteiger partial charge >= 0.3 is 0 Å². The molecular formula is C11H14ClN3O. The molecule has 0 spiro atoms. The van der Waals surface area contributed by atoms with Crippen molar-refractivity contribution in [3.05, 3.63) is 29.0 Å². The molecule has 86 valence electrons. The van der Waals surface area contributed by atoms with Gasteiger partial charge in [0.15, 0.2) is 0 Å². The highest BCUT2D eigenvalue weighted by Gasteiger charge is 2.16. The topological polar surface area (TPSA) is 54.0 Å². The van der Waals surface area contributed by atoms with Crippen LogP contribution in [0, 0.1) is 0 Å². The molecule has 1 atom stereocenters. The van der Waals surface area contributed by atoms with E-state index in [1.165, 1.54) is 6.20 Å². The molecule has 16 heavy (non-hydrogen) atoms. The third-order valence-electron chi connectivity index (χ3n) is 2.59. The quantitative estimate of drug-likeness (QED) is 0.816. The minimum atomic E-state index is -0.134. The molecule has 1 unspecified atom stereocenters. The number of halogens is 1. The molecule has 2 rings (SSSR count). The first-order chi connectivity index (χ1) is 7.75. The van der Waals surface area contributed by atoms with E-state index in [2.05, 4.69) is 15.6 Å². The lowest BCUT2D eigenvalue weighted by Gasteiger charge is -2.23. The monoisotopic (exact) mass is 239 g/mol. The molecule has 0 bridgehead atoms. The molecule has 0 saturated carbocycles. The summed E-state index contributed by atoms with van der Waals surface area (Å²) in [6.07, 6.45) is 3.60. The number of nitrogens with one attached hydrogen (secondary N) is 2. The number of carbonyl (C=O) groups excluding carboxylic acids is 1. The highest BCUT2D eigenvalue weighted by atomic mass is 35.5. The lowest BCUT2D eigenvalue weighted by Crippen LogP contribution is -2.45. The molecule has 0 aromatic carbocycles. The van der Waals surface area contributed by atoms with Gasteiger partial charge in [-0.1, -0.05) is 11.6 Å². The van der Waals surface area contributed by atoms with Gasteiger partial charge in [0, 0.05) is 18.8 Å². The summed E-state index contributed by atoms with van der Waals surface area (Å²) in [6.45, 7) is 1.87. The molecule has 1 aromatic rings. The van der Waals surface area contributed by atoms with Crippen molar-refractivity contribution in [1.29, 1.82) is 0 Å². The van der Waals surface area contributed by atoms with Crippen molar-refractivity contribution < 1.29 is 4.79 Å². The van der Waals surface area contributed by atoms with Gasteiger partial charge in [0.05, 0.1) is 5.02 Å². The summed E-state index contributed by atoms with van der Waals surface area (Å²) in [7, 11) is 0. The molecule has 1 fully saturated rings. The Balaban J connectivity index is 1.94. The highest BCUT2D eigenvalue weighted by Crippen LogP contribution is 2.07. The van der Waals surface area contributed by atoms with Gasteiger partial charge in [0.1, 0.15) is 5.69 Å². The predicted octanol–water partition coefficient (Wildman–Crippen LogP) is 1.22. The first-order valence-corrected chi connectivity index (χ1v) is 5.76. The van der Waals surface area contributed by atoms with E-state index in [1.807, 2.05) is 0 Å². The van der Waals surface area contributed by atoms with Crippen LogP contribution in [0.5, 0.6) is 0 Å². The number of hydrogen-bond donors (Lipinski definition) is 2. The predicted molar refractivity (Wildman–Crippen MR) is 62.6 cm³/mol. The molecule has 4 nitrogen and oxygen atoms in total. The third kappa shape index (κ3) is 2.93. The zero-order valence-corrected chi connectivity index (χ0v) is 9.63. The number of amides is 1. The van der Waals surface area contributed by atoms with Crippen molar-refractivity contribution in [3.63, 3.8) is 0 Å². The zero-order chi connectivity index (χ0) is 11.4. The van der Waals surface area contributed by atoms with Crippen LogP contribution in [0.4, 0.5) is 0 Å². The number of pyridine rings is 1.